The fourth-order valence-electron chi connectivity index (χ4n) is 1.69. The number of nitrogens with one attached hydrogen (secondary N) is 1. The summed E-state index contributed by atoms with van der Waals surface area (Å²) < 4.78 is 10.3. The van der Waals surface area contributed by atoms with Crippen LogP contribution in [0.15, 0.2) is 0 Å². The molecule has 0 aromatic heterocycles. The number of rotatable bonds is 10. The highest BCUT2D eigenvalue weighted by Gasteiger charge is 2.41. The summed E-state index contributed by atoms with van der Waals surface area (Å²) in [5.74, 6) is 0. The highest BCUT2D eigenvalue weighted by atomic mass is 16.5. The van der Waals surface area contributed by atoms with Gasteiger partial charge in [0.1, 0.15) is 0 Å². The summed E-state index contributed by atoms with van der Waals surface area (Å²) in [6.45, 7) is 4.26. The Kier molecular flexibility index (Phi) is 6.37. The lowest BCUT2D eigenvalue weighted by molar-refractivity contribution is -0.0313. The smallest absolute Gasteiger partial charge is 0.0897 e. The van der Waals surface area contributed by atoms with Crippen LogP contribution in [-0.4, -0.2) is 62.4 Å². The summed E-state index contributed by atoms with van der Waals surface area (Å²) in [5.41, 5.74) is 0.0872. The molecular weight excluding hydrogens is 222 g/mol. The predicted octanol–water partition coefficient (Wildman–Crippen LogP) is -0.239. The van der Waals surface area contributed by atoms with Crippen molar-refractivity contribution < 1.29 is 19.7 Å². The quantitative estimate of drug-likeness (QED) is 0.497. The Hall–Kier alpha value is -0.200. The molecular formula is C12H25NO4. The van der Waals surface area contributed by atoms with Crippen LogP contribution in [0.2, 0.25) is 0 Å². The first-order chi connectivity index (χ1) is 8.12. The average molecular weight is 247 g/mol. The fourth-order valence-corrected chi connectivity index (χ4v) is 1.69. The van der Waals surface area contributed by atoms with Gasteiger partial charge in [-0.05, 0) is 19.8 Å². The minimum atomic E-state index is -0.510. The van der Waals surface area contributed by atoms with E-state index in [4.69, 9.17) is 14.6 Å². The highest BCUT2D eigenvalue weighted by molar-refractivity contribution is 4.94. The summed E-state index contributed by atoms with van der Waals surface area (Å²) in [4.78, 5) is 0. The number of aliphatic hydroxyl groups excluding tert-OH is 2. The molecule has 0 saturated heterocycles. The number of hydrogen-bond acceptors (Lipinski definition) is 5. The van der Waals surface area contributed by atoms with E-state index in [9.17, 15) is 5.11 Å². The van der Waals surface area contributed by atoms with Crippen LogP contribution in [0, 0.1) is 5.41 Å². The first-order valence-electron chi connectivity index (χ1n) is 6.22. The minimum Gasteiger partial charge on any atom is -0.396 e. The van der Waals surface area contributed by atoms with Gasteiger partial charge in [-0.15, -0.1) is 0 Å². The van der Waals surface area contributed by atoms with Crippen molar-refractivity contribution in [2.45, 2.75) is 32.0 Å². The second-order valence-electron chi connectivity index (χ2n) is 5.04. The maximum Gasteiger partial charge on any atom is 0.0897 e. The fraction of sp³-hybridized carbons (Fsp3) is 1.00. The molecule has 1 aliphatic carbocycles. The van der Waals surface area contributed by atoms with Crippen LogP contribution in [0.1, 0.15) is 19.8 Å². The van der Waals surface area contributed by atoms with E-state index in [-0.39, 0.29) is 18.1 Å². The van der Waals surface area contributed by atoms with Crippen molar-refractivity contribution in [3.8, 4) is 0 Å². The maximum absolute atomic E-state index is 9.67. The van der Waals surface area contributed by atoms with Crippen LogP contribution in [-0.2, 0) is 9.47 Å². The number of methoxy groups -OCH3 is 1. The molecule has 0 bridgehead atoms. The van der Waals surface area contributed by atoms with Crippen LogP contribution in [0.25, 0.3) is 0 Å². The van der Waals surface area contributed by atoms with Crippen LogP contribution in [0.4, 0.5) is 0 Å². The van der Waals surface area contributed by atoms with E-state index in [1.807, 2.05) is 6.92 Å². The lowest BCUT2D eigenvalue weighted by Crippen LogP contribution is -2.36. The van der Waals surface area contributed by atoms with Crippen molar-refractivity contribution in [3.05, 3.63) is 0 Å². The largest absolute Gasteiger partial charge is 0.396 e. The van der Waals surface area contributed by atoms with E-state index < -0.39 is 6.10 Å². The summed E-state index contributed by atoms with van der Waals surface area (Å²) >= 11 is 0. The van der Waals surface area contributed by atoms with Crippen LogP contribution < -0.4 is 5.32 Å². The number of ether oxygens (including phenoxy) is 2. The van der Waals surface area contributed by atoms with Crippen molar-refractivity contribution >= 4 is 0 Å². The van der Waals surface area contributed by atoms with Gasteiger partial charge in [0.25, 0.3) is 0 Å². The Labute approximate surface area is 103 Å². The van der Waals surface area contributed by atoms with Crippen LogP contribution >= 0.6 is 0 Å². The van der Waals surface area contributed by atoms with Gasteiger partial charge in [-0.25, -0.2) is 0 Å². The Morgan fingerprint density at radius 2 is 2.06 bits per heavy atom. The summed E-state index contributed by atoms with van der Waals surface area (Å²) in [6.07, 6.45) is 1.65. The zero-order valence-electron chi connectivity index (χ0n) is 10.8. The minimum absolute atomic E-state index is 0.00173. The molecule has 1 fully saturated rings. The third kappa shape index (κ3) is 5.79. The molecule has 0 radical (unpaired) electrons. The lowest BCUT2D eigenvalue weighted by atomic mass is 10.1. The molecule has 0 aromatic carbocycles. The molecule has 0 heterocycles. The second kappa shape index (κ2) is 7.28. The van der Waals surface area contributed by atoms with Gasteiger partial charge in [0, 0.05) is 32.2 Å². The highest BCUT2D eigenvalue weighted by Crippen LogP contribution is 2.44. The third-order valence-corrected chi connectivity index (χ3v) is 3.15. The molecule has 5 heteroatoms. The van der Waals surface area contributed by atoms with E-state index in [2.05, 4.69) is 5.32 Å². The van der Waals surface area contributed by atoms with Crippen molar-refractivity contribution in [1.29, 1.82) is 0 Å². The standard InChI is InChI=1S/C12H25NO4/c1-10(6-16-2)17-7-11(15)5-13-8-12(9-14)3-4-12/h10-11,13-15H,3-9H2,1-2H3. The average Bonchev–Trinajstić information content (AvgIpc) is 3.08. The van der Waals surface area contributed by atoms with Crippen molar-refractivity contribution in [2.75, 3.05) is 40.0 Å². The van der Waals surface area contributed by atoms with Gasteiger partial charge in [0.05, 0.1) is 25.4 Å². The van der Waals surface area contributed by atoms with Crippen LogP contribution in [0.5, 0.6) is 0 Å². The van der Waals surface area contributed by atoms with Gasteiger partial charge in [-0.1, -0.05) is 0 Å². The molecule has 102 valence electrons. The SMILES string of the molecule is COCC(C)OCC(O)CNCC1(CO)CC1. The van der Waals surface area contributed by atoms with Gasteiger partial charge < -0.3 is 25.0 Å². The van der Waals surface area contributed by atoms with E-state index in [1.54, 1.807) is 7.11 Å². The molecule has 1 saturated carbocycles. The van der Waals surface area contributed by atoms with E-state index >= 15 is 0 Å². The molecule has 0 aliphatic heterocycles. The third-order valence-electron chi connectivity index (χ3n) is 3.15. The summed E-state index contributed by atoms with van der Waals surface area (Å²) in [7, 11) is 1.63. The van der Waals surface area contributed by atoms with E-state index in [1.165, 1.54) is 0 Å². The molecule has 1 rings (SSSR count). The second-order valence-corrected chi connectivity index (χ2v) is 5.04. The molecule has 3 N–H and O–H groups in total. The summed E-state index contributed by atoms with van der Waals surface area (Å²) in [6, 6.07) is 0. The molecule has 0 aromatic rings. The topological polar surface area (TPSA) is 71.0 Å². The number of aliphatic hydroxyl groups is 2. The number of hydrogen-bond donors (Lipinski definition) is 3. The van der Waals surface area contributed by atoms with Crippen molar-refractivity contribution in [1.82, 2.24) is 5.32 Å². The van der Waals surface area contributed by atoms with E-state index in [0.717, 1.165) is 19.4 Å². The Morgan fingerprint density at radius 1 is 1.35 bits per heavy atom. The van der Waals surface area contributed by atoms with E-state index in [0.29, 0.717) is 19.8 Å². The Morgan fingerprint density at radius 3 is 2.59 bits per heavy atom. The molecule has 2 atom stereocenters. The summed E-state index contributed by atoms with van der Waals surface area (Å²) in [5, 5.41) is 22.0. The zero-order valence-corrected chi connectivity index (χ0v) is 10.8. The Bertz CT molecular complexity index is 209. The predicted molar refractivity (Wildman–Crippen MR) is 64.9 cm³/mol. The van der Waals surface area contributed by atoms with Gasteiger partial charge in [0.2, 0.25) is 0 Å². The van der Waals surface area contributed by atoms with Gasteiger partial charge in [-0.2, -0.15) is 0 Å². The van der Waals surface area contributed by atoms with Gasteiger partial charge in [-0.3, -0.25) is 0 Å². The van der Waals surface area contributed by atoms with Gasteiger partial charge in [0.15, 0.2) is 0 Å². The maximum atomic E-state index is 9.67. The first-order valence-corrected chi connectivity index (χ1v) is 6.22. The molecule has 5 nitrogen and oxygen atoms in total. The normalized spacial score (nSPS) is 21.2. The molecule has 0 spiro atoms. The molecule has 0 amide bonds. The van der Waals surface area contributed by atoms with Crippen molar-refractivity contribution in [3.63, 3.8) is 0 Å². The molecule has 1 aliphatic rings. The first kappa shape index (κ1) is 14.9. The van der Waals surface area contributed by atoms with Gasteiger partial charge >= 0.3 is 0 Å². The monoisotopic (exact) mass is 247 g/mol. The van der Waals surface area contributed by atoms with Crippen LogP contribution in [0.3, 0.4) is 0 Å². The Balaban J connectivity index is 1.99. The molecule has 17 heavy (non-hydrogen) atoms. The lowest BCUT2D eigenvalue weighted by Gasteiger charge is -2.18. The van der Waals surface area contributed by atoms with Crippen molar-refractivity contribution in [2.24, 2.45) is 5.41 Å². The zero-order chi connectivity index (χ0) is 12.7. The molecule has 2 unspecified atom stereocenters.